The molecule has 3 heterocycles. The standard InChI is InChI=1S/C16H27N3O4S/c1-2-7-17-10-14-11-19(13-16(14,12-17)15(20)21)24(22,23)18-8-5-3-4-6-9-18/h2,14H,1,3-13H2,(H,20,21)/t14-,16-/m1/s1. The molecule has 3 rings (SSSR count). The predicted molar refractivity (Wildman–Crippen MR) is 90.7 cm³/mol. The Balaban J connectivity index is 1.78. The van der Waals surface area contributed by atoms with Gasteiger partial charge in [-0.2, -0.15) is 17.0 Å². The Morgan fingerprint density at radius 2 is 1.79 bits per heavy atom. The van der Waals surface area contributed by atoms with Gasteiger partial charge in [0, 0.05) is 51.7 Å². The number of carbonyl (C=O) groups is 1. The van der Waals surface area contributed by atoms with Crippen LogP contribution >= 0.6 is 0 Å². The Kier molecular flexibility index (Phi) is 5.01. The molecule has 3 aliphatic heterocycles. The van der Waals surface area contributed by atoms with Gasteiger partial charge in [0.2, 0.25) is 0 Å². The molecular formula is C16H27N3O4S. The van der Waals surface area contributed by atoms with Crippen LogP contribution in [0.5, 0.6) is 0 Å². The number of carboxylic acid groups (broad SMARTS) is 1. The molecule has 24 heavy (non-hydrogen) atoms. The quantitative estimate of drug-likeness (QED) is 0.729. The SMILES string of the molecule is C=CCN1C[C@@H]2CN(S(=O)(=O)N3CCCCCC3)C[C@]2(C(=O)O)C1. The number of aliphatic carboxylic acids is 1. The monoisotopic (exact) mass is 357 g/mol. The zero-order chi connectivity index (χ0) is 17.4. The first-order chi connectivity index (χ1) is 11.4. The second kappa shape index (κ2) is 6.74. The third kappa shape index (κ3) is 3.00. The Morgan fingerprint density at radius 1 is 1.12 bits per heavy atom. The molecule has 0 saturated carbocycles. The van der Waals surface area contributed by atoms with Gasteiger partial charge in [-0.1, -0.05) is 18.9 Å². The van der Waals surface area contributed by atoms with Crippen molar-refractivity contribution >= 4 is 16.2 Å². The molecule has 0 aromatic rings. The highest BCUT2D eigenvalue weighted by Crippen LogP contribution is 2.44. The van der Waals surface area contributed by atoms with Gasteiger partial charge in [0.25, 0.3) is 10.2 Å². The highest BCUT2D eigenvalue weighted by Gasteiger charge is 2.59. The van der Waals surface area contributed by atoms with E-state index >= 15 is 0 Å². The largest absolute Gasteiger partial charge is 0.481 e. The summed E-state index contributed by atoms with van der Waals surface area (Å²) in [6, 6.07) is 0. The zero-order valence-corrected chi connectivity index (χ0v) is 14.9. The van der Waals surface area contributed by atoms with Gasteiger partial charge < -0.3 is 5.11 Å². The van der Waals surface area contributed by atoms with Crippen molar-refractivity contribution in [2.24, 2.45) is 11.3 Å². The Morgan fingerprint density at radius 3 is 2.33 bits per heavy atom. The highest BCUT2D eigenvalue weighted by molar-refractivity contribution is 7.86. The molecule has 0 radical (unpaired) electrons. The van der Waals surface area contributed by atoms with Crippen molar-refractivity contribution in [1.29, 1.82) is 0 Å². The van der Waals surface area contributed by atoms with Crippen molar-refractivity contribution in [2.45, 2.75) is 25.7 Å². The summed E-state index contributed by atoms with van der Waals surface area (Å²) in [4.78, 5) is 14.0. The molecule has 0 unspecified atom stereocenters. The summed E-state index contributed by atoms with van der Waals surface area (Å²) in [5.74, 6) is -1.04. The minimum atomic E-state index is -3.56. The minimum Gasteiger partial charge on any atom is -0.481 e. The van der Waals surface area contributed by atoms with E-state index in [-0.39, 0.29) is 12.5 Å². The summed E-state index contributed by atoms with van der Waals surface area (Å²) >= 11 is 0. The van der Waals surface area contributed by atoms with Gasteiger partial charge in [0.05, 0.1) is 5.41 Å². The van der Waals surface area contributed by atoms with Crippen molar-refractivity contribution < 1.29 is 18.3 Å². The Bertz CT molecular complexity index is 600. The number of likely N-dealkylation sites (tertiary alicyclic amines) is 1. The maximum atomic E-state index is 13.0. The average Bonchev–Trinajstić information content (AvgIpc) is 2.90. The van der Waals surface area contributed by atoms with E-state index in [1.165, 1.54) is 4.31 Å². The lowest BCUT2D eigenvalue weighted by molar-refractivity contribution is -0.148. The third-order valence-electron chi connectivity index (χ3n) is 5.68. The number of hydrogen-bond donors (Lipinski definition) is 1. The lowest BCUT2D eigenvalue weighted by Gasteiger charge is -2.29. The topological polar surface area (TPSA) is 81.2 Å². The van der Waals surface area contributed by atoms with Crippen LogP contribution < -0.4 is 0 Å². The first-order valence-corrected chi connectivity index (χ1v) is 10.1. The van der Waals surface area contributed by atoms with Gasteiger partial charge in [-0.25, -0.2) is 0 Å². The maximum Gasteiger partial charge on any atom is 0.312 e. The van der Waals surface area contributed by atoms with Crippen LogP contribution in [0.4, 0.5) is 0 Å². The molecule has 0 aromatic heterocycles. The fraction of sp³-hybridized carbons (Fsp3) is 0.812. The van der Waals surface area contributed by atoms with Crippen molar-refractivity contribution in [2.75, 3.05) is 45.8 Å². The molecule has 8 heteroatoms. The molecule has 3 aliphatic rings. The molecule has 0 amide bonds. The molecule has 3 saturated heterocycles. The fourth-order valence-electron chi connectivity index (χ4n) is 4.36. The second-order valence-electron chi connectivity index (χ2n) is 7.25. The summed E-state index contributed by atoms with van der Waals surface area (Å²) in [6.07, 6.45) is 5.65. The average molecular weight is 357 g/mol. The first-order valence-electron chi connectivity index (χ1n) is 8.72. The Labute approximate surface area is 144 Å². The van der Waals surface area contributed by atoms with Crippen molar-refractivity contribution in [1.82, 2.24) is 13.5 Å². The van der Waals surface area contributed by atoms with E-state index < -0.39 is 21.6 Å². The van der Waals surface area contributed by atoms with Gasteiger partial charge in [0.15, 0.2) is 0 Å². The molecular weight excluding hydrogens is 330 g/mol. The van der Waals surface area contributed by atoms with Crippen molar-refractivity contribution in [3.05, 3.63) is 12.7 Å². The van der Waals surface area contributed by atoms with Gasteiger partial charge in [0.1, 0.15) is 0 Å². The number of rotatable bonds is 5. The molecule has 0 bridgehead atoms. The van der Waals surface area contributed by atoms with Gasteiger partial charge in [-0.05, 0) is 12.8 Å². The Hall–Kier alpha value is -0.960. The molecule has 7 nitrogen and oxygen atoms in total. The van der Waals surface area contributed by atoms with Gasteiger partial charge in [-0.3, -0.25) is 9.69 Å². The lowest BCUT2D eigenvalue weighted by atomic mass is 9.81. The fourth-order valence-corrected chi connectivity index (χ4v) is 6.17. The minimum absolute atomic E-state index is 0.0828. The zero-order valence-electron chi connectivity index (χ0n) is 14.1. The molecule has 0 spiro atoms. The van der Waals surface area contributed by atoms with E-state index in [2.05, 4.69) is 11.5 Å². The van der Waals surface area contributed by atoms with E-state index in [1.807, 2.05) is 0 Å². The third-order valence-corrected chi connectivity index (χ3v) is 7.63. The van der Waals surface area contributed by atoms with Gasteiger partial charge >= 0.3 is 5.97 Å². The van der Waals surface area contributed by atoms with E-state index in [0.717, 1.165) is 25.7 Å². The van der Waals surface area contributed by atoms with Crippen LogP contribution in [0, 0.1) is 11.3 Å². The van der Waals surface area contributed by atoms with Crippen LogP contribution in [-0.4, -0.2) is 78.8 Å². The lowest BCUT2D eigenvalue weighted by Crippen LogP contribution is -2.46. The molecule has 1 N–H and O–H groups in total. The molecule has 0 aliphatic carbocycles. The normalized spacial score (nSPS) is 33.2. The van der Waals surface area contributed by atoms with Crippen LogP contribution in [-0.2, 0) is 15.0 Å². The molecule has 3 fully saturated rings. The maximum absolute atomic E-state index is 13.0. The van der Waals surface area contributed by atoms with E-state index in [4.69, 9.17) is 0 Å². The van der Waals surface area contributed by atoms with Crippen molar-refractivity contribution in [3.8, 4) is 0 Å². The van der Waals surface area contributed by atoms with Crippen LogP contribution in [0.2, 0.25) is 0 Å². The van der Waals surface area contributed by atoms with Crippen LogP contribution in [0.1, 0.15) is 25.7 Å². The molecule has 0 aromatic carbocycles. The second-order valence-corrected chi connectivity index (χ2v) is 9.18. The number of carboxylic acids is 1. The molecule has 136 valence electrons. The van der Waals surface area contributed by atoms with Crippen LogP contribution in [0.15, 0.2) is 12.7 Å². The molecule has 2 atom stereocenters. The van der Waals surface area contributed by atoms with Crippen LogP contribution in [0.3, 0.4) is 0 Å². The summed E-state index contributed by atoms with van der Waals surface area (Å²) in [7, 11) is -3.56. The summed E-state index contributed by atoms with van der Waals surface area (Å²) in [6.45, 7) is 6.84. The summed E-state index contributed by atoms with van der Waals surface area (Å²) in [5.41, 5.74) is -0.984. The van der Waals surface area contributed by atoms with Crippen LogP contribution in [0.25, 0.3) is 0 Å². The van der Waals surface area contributed by atoms with E-state index in [1.54, 1.807) is 10.4 Å². The highest BCUT2D eigenvalue weighted by atomic mass is 32.2. The van der Waals surface area contributed by atoms with Crippen molar-refractivity contribution in [3.63, 3.8) is 0 Å². The van der Waals surface area contributed by atoms with E-state index in [9.17, 15) is 18.3 Å². The number of hydrogen-bond acceptors (Lipinski definition) is 4. The number of nitrogens with zero attached hydrogens (tertiary/aromatic N) is 3. The smallest absolute Gasteiger partial charge is 0.312 e. The summed E-state index contributed by atoms with van der Waals surface area (Å²) < 4.78 is 28.9. The van der Waals surface area contributed by atoms with E-state index in [0.29, 0.717) is 39.3 Å². The van der Waals surface area contributed by atoms with Gasteiger partial charge in [-0.15, -0.1) is 6.58 Å². The predicted octanol–water partition coefficient (Wildman–Crippen LogP) is 0.612. The number of fused-ring (bicyclic) bond motifs is 1. The summed E-state index contributed by atoms with van der Waals surface area (Å²) in [5, 5.41) is 9.81. The first kappa shape index (κ1) is 17.8.